The fourth-order valence-electron chi connectivity index (χ4n) is 2.61. The fourth-order valence-corrected chi connectivity index (χ4v) is 3.85. The highest BCUT2D eigenvalue weighted by molar-refractivity contribution is 8.18. The smallest absolute Gasteiger partial charge is 0.266 e. The Kier molecular flexibility index (Phi) is 6.75. The Bertz CT molecular complexity index is 929. The second kappa shape index (κ2) is 9.26. The van der Waals surface area contributed by atoms with Crippen molar-refractivity contribution in [3.05, 3.63) is 63.8 Å². The van der Waals surface area contributed by atoms with Gasteiger partial charge in [-0.1, -0.05) is 18.5 Å². The van der Waals surface area contributed by atoms with Gasteiger partial charge in [-0.05, 0) is 73.6 Å². The number of likely N-dealkylation sites (N-methyl/N-ethyl adjacent to an activating group) is 1. The van der Waals surface area contributed by atoms with Crippen molar-refractivity contribution in [1.82, 2.24) is 4.90 Å². The molecule has 0 atom stereocenters. The highest BCUT2D eigenvalue weighted by Gasteiger charge is 2.32. The lowest BCUT2D eigenvalue weighted by atomic mass is 10.2. The van der Waals surface area contributed by atoms with E-state index in [1.165, 1.54) is 23.9 Å². The van der Waals surface area contributed by atoms with Crippen molar-refractivity contribution in [1.29, 1.82) is 0 Å². The number of nitrogens with zero attached hydrogens (tertiary/aromatic N) is 2. The van der Waals surface area contributed by atoms with Crippen LogP contribution in [0.25, 0.3) is 6.08 Å². The molecular weight excluding hydrogens is 399 g/mol. The number of thioether (sulfide) groups is 1. The monoisotopic (exact) mass is 418 g/mol. The van der Waals surface area contributed by atoms with E-state index in [4.69, 9.17) is 16.3 Å². The zero-order valence-corrected chi connectivity index (χ0v) is 17.2. The minimum absolute atomic E-state index is 0.130. The van der Waals surface area contributed by atoms with Crippen LogP contribution in [-0.4, -0.2) is 29.1 Å². The maximum Gasteiger partial charge on any atom is 0.266 e. The Morgan fingerprint density at radius 3 is 2.64 bits per heavy atom. The molecule has 1 saturated heterocycles. The summed E-state index contributed by atoms with van der Waals surface area (Å²) in [6, 6.07) is 11.2. The van der Waals surface area contributed by atoms with Crippen LogP contribution in [-0.2, 0) is 4.79 Å². The fraction of sp³-hybridized carbons (Fsp3) is 0.238. The van der Waals surface area contributed by atoms with Crippen LogP contribution in [0.2, 0.25) is 5.02 Å². The molecule has 2 aromatic rings. The van der Waals surface area contributed by atoms with E-state index in [9.17, 15) is 9.18 Å². The van der Waals surface area contributed by atoms with Gasteiger partial charge in [-0.3, -0.25) is 9.69 Å². The summed E-state index contributed by atoms with van der Waals surface area (Å²) in [5.74, 6) is 0.224. The summed E-state index contributed by atoms with van der Waals surface area (Å²) in [6.07, 6.45) is 2.66. The van der Waals surface area contributed by atoms with Crippen LogP contribution >= 0.6 is 23.4 Å². The molecule has 2 aromatic carbocycles. The second-order valence-corrected chi connectivity index (χ2v) is 7.51. The molecule has 1 fully saturated rings. The number of amides is 1. The van der Waals surface area contributed by atoms with Crippen LogP contribution in [0.3, 0.4) is 0 Å². The molecular formula is C21H20ClFN2O2S. The number of carbonyl (C=O) groups excluding carboxylic acids is 1. The number of hydrogen-bond donors (Lipinski definition) is 0. The third-order valence-corrected chi connectivity index (χ3v) is 5.22. The van der Waals surface area contributed by atoms with Crippen molar-refractivity contribution in [3.63, 3.8) is 0 Å². The summed E-state index contributed by atoms with van der Waals surface area (Å²) >= 11 is 7.41. The molecule has 3 rings (SSSR count). The first-order valence-electron chi connectivity index (χ1n) is 8.99. The van der Waals surface area contributed by atoms with Crippen molar-refractivity contribution < 1.29 is 13.9 Å². The van der Waals surface area contributed by atoms with E-state index in [1.54, 1.807) is 41.3 Å². The van der Waals surface area contributed by atoms with Gasteiger partial charge >= 0.3 is 0 Å². The van der Waals surface area contributed by atoms with Gasteiger partial charge in [-0.2, -0.15) is 0 Å². The number of carbonyl (C=O) groups is 1. The molecule has 0 unspecified atom stereocenters. The van der Waals surface area contributed by atoms with E-state index in [2.05, 4.69) is 4.99 Å². The number of benzene rings is 2. The summed E-state index contributed by atoms with van der Waals surface area (Å²) in [5.41, 5.74) is 1.34. The van der Waals surface area contributed by atoms with E-state index in [1.807, 2.05) is 13.8 Å². The molecule has 7 heteroatoms. The zero-order chi connectivity index (χ0) is 20.1. The van der Waals surface area contributed by atoms with Crippen LogP contribution in [0.1, 0.15) is 25.8 Å². The van der Waals surface area contributed by atoms with Crippen molar-refractivity contribution in [2.45, 2.75) is 20.3 Å². The molecule has 0 N–H and O–H groups in total. The Morgan fingerprint density at radius 1 is 1.21 bits per heavy atom. The summed E-state index contributed by atoms with van der Waals surface area (Å²) < 4.78 is 18.9. The number of halogens is 2. The molecule has 0 saturated carbocycles. The van der Waals surface area contributed by atoms with Gasteiger partial charge < -0.3 is 4.74 Å². The maximum atomic E-state index is 13.1. The second-order valence-electron chi connectivity index (χ2n) is 6.06. The van der Waals surface area contributed by atoms with Gasteiger partial charge in [0, 0.05) is 17.1 Å². The molecule has 1 aliphatic rings. The average molecular weight is 419 g/mol. The van der Waals surface area contributed by atoms with E-state index in [-0.39, 0.29) is 11.7 Å². The van der Waals surface area contributed by atoms with Crippen molar-refractivity contribution in [3.8, 4) is 5.75 Å². The Labute approximate surface area is 173 Å². The summed E-state index contributed by atoms with van der Waals surface area (Å²) in [7, 11) is 0. The highest BCUT2D eigenvalue weighted by Crippen LogP contribution is 2.36. The molecule has 0 radical (unpaired) electrons. The topological polar surface area (TPSA) is 41.9 Å². The predicted octanol–water partition coefficient (Wildman–Crippen LogP) is 5.89. The third-order valence-electron chi connectivity index (χ3n) is 3.98. The van der Waals surface area contributed by atoms with Crippen molar-refractivity contribution >= 4 is 46.2 Å². The Hall–Kier alpha value is -2.31. The minimum atomic E-state index is -0.326. The molecule has 1 heterocycles. The first-order valence-corrected chi connectivity index (χ1v) is 10.2. The molecule has 1 aliphatic heterocycles. The number of ether oxygens (including phenoxy) is 1. The lowest BCUT2D eigenvalue weighted by Gasteiger charge is -2.12. The van der Waals surface area contributed by atoms with E-state index in [0.717, 1.165) is 12.0 Å². The summed E-state index contributed by atoms with van der Waals surface area (Å²) in [6.45, 7) is 4.98. The third kappa shape index (κ3) is 4.75. The van der Waals surface area contributed by atoms with Crippen LogP contribution < -0.4 is 4.74 Å². The van der Waals surface area contributed by atoms with Crippen LogP contribution in [0, 0.1) is 5.82 Å². The molecule has 1 amide bonds. The van der Waals surface area contributed by atoms with Crippen molar-refractivity contribution in [2.75, 3.05) is 13.2 Å². The van der Waals surface area contributed by atoms with Crippen molar-refractivity contribution in [2.24, 2.45) is 4.99 Å². The normalized spacial score (nSPS) is 17.0. The van der Waals surface area contributed by atoms with Gasteiger partial charge in [-0.15, -0.1) is 0 Å². The number of hydrogen-bond acceptors (Lipinski definition) is 4. The molecule has 0 aromatic heterocycles. The quantitative estimate of drug-likeness (QED) is 0.549. The maximum absolute atomic E-state index is 13.1. The Balaban J connectivity index is 1.94. The van der Waals surface area contributed by atoms with Gasteiger partial charge in [0.15, 0.2) is 5.17 Å². The van der Waals surface area contributed by atoms with E-state index < -0.39 is 0 Å². The highest BCUT2D eigenvalue weighted by atomic mass is 35.5. The molecule has 0 spiro atoms. The molecule has 0 bridgehead atoms. The standard InChI is InChI=1S/C21H20ClFN2O2S/c1-3-11-27-18-10-5-15(22)12-14(18)13-19-20(26)25(4-2)21(28-19)24-17-8-6-16(23)7-9-17/h5-10,12-13H,3-4,11H2,1-2H3/b19-13+,24-21?. The summed E-state index contributed by atoms with van der Waals surface area (Å²) in [5, 5.41) is 1.13. The SMILES string of the molecule is CCCOc1ccc(Cl)cc1/C=C1/SC(=Nc2ccc(F)cc2)N(CC)C1=O. The van der Waals surface area contributed by atoms with Crippen LogP contribution in [0.5, 0.6) is 5.75 Å². The first-order chi connectivity index (χ1) is 13.5. The van der Waals surface area contributed by atoms with Gasteiger partial charge in [-0.25, -0.2) is 9.38 Å². The van der Waals surface area contributed by atoms with Gasteiger partial charge in [0.25, 0.3) is 5.91 Å². The zero-order valence-electron chi connectivity index (χ0n) is 15.6. The Morgan fingerprint density at radius 2 is 1.96 bits per heavy atom. The molecule has 28 heavy (non-hydrogen) atoms. The molecule has 4 nitrogen and oxygen atoms in total. The predicted molar refractivity (Wildman–Crippen MR) is 114 cm³/mol. The molecule has 146 valence electrons. The number of amidine groups is 1. The number of aliphatic imine (C=N–C) groups is 1. The van der Waals surface area contributed by atoms with Gasteiger partial charge in [0.1, 0.15) is 11.6 Å². The number of rotatable bonds is 6. The van der Waals surface area contributed by atoms with E-state index >= 15 is 0 Å². The first kappa shape index (κ1) is 20.4. The van der Waals surface area contributed by atoms with Crippen LogP contribution in [0.4, 0.5) is 10.1 Å². The van der Waals surface area contributed by atoms with Gasteiger partial charge in [0.05, 0.1) is 17.2 Å². The minimum Gasteiger partial charge on any atom is -0.493 e. The summed E-state index contributed by atoms with van der Waals surface area (Å²) in [4.78, 5) is 19.5. The largest absolute Gasteiger partial charge is 0.493 e. The lowest BCUT2D eigenvalue weighted by molar-refractivity contribution is -0.122. The lowest BCUT2D eigenvalue weighted by Crippen LogP contribution is -2.28. The van der Waals surface area contributed by atoms with E-state index in [0.29, 0.717) is 39.7 Å². The molecule has 0 aliphatic carbocycles. The van der Waals surface area contributed by atoms with Gasteiger partial charge in [0.2, 0.25) is 0 Å². The van der Waals surface area contributed by atoms with Crippen LogP contribution in [0.15, 0.2) is 52.4 Å². The average Bonchev–Trinajstić information content (AvgIpc) is 2.97.